The summed E-state index contributed by atoms with van der Waals surface area (Å²) in [4.78, 5) is 0. The third kappa shape index (κ3) is 7.88. The van der Waals surface area contributed by atoms with E-state index in [1.807, 2.05) is 14.1 Å². The van der Waals surface area contributed by atoms with Crippen LogP contribution in [0.25, 0.3) is 0 Å². The zero-order chi connectivity index (χ0) is 7.66. The van der Waals surface area contributed by atoms with Gasteiger partial charge in [0.2, 0.25) is 0 Å². The Hall–Kier alpha value is -0.120. The van der Waals surface area contributed by atoms with Crippen LogP contribution in [0, 0.1) is 0 Å². The van der Waals surface area contributed by atoms with E-state index in [0.29, 0.717) is 6.73 Å². The maximum Gasteiger partial charge on any atom is 0.0962 e. The van der Waals surface area contributed by atoms with Crippen molar-refractivity contribution in [3.63, 3.8) is 0 Å². The summed E-state index contributed by atoms with van der Waals surface area (Å²) in [6, 6.07) is 0. The summed E-state index contributed by atoms with van der Waals surface area (Å²) >= 11 is 0. The third-order valence-electron chi connectivity index (χ3n) is 1.21. The Labute approximate surface area is 63.1 Å². The Bertz CT molecular complexity index is 51.6. The van der Waals surface area contributed by atoms with E-state index in [1.165, 1.54) is 6.42 Å². The summed E-state index contributed by atoms with van der Waals surface area (Å²) in [5.74, 6) is 0. The van der Waals surface area contributed by atoms with Gasteiger partial charge in [-0.15, -0.1) is 0 Å². The van der Waals surface area contributed by atoms with Crippen molar-refractivity contribution in [1.82, 2.24) is 10.6 Å². The molecule has 0 aromatic heterocycles. The van der Waals surface area contributed by atoms with Crippen LogP contribution in [-0.4, -0.2) is 34.0 Å². The molecular weight excluding hydrogens is 128 g/mol. The fourth-order valence-corrected chi connectivity index (χ4v) is 0.680. The van der Waals surface area contributed by atoms with Gasteiger partial charge in [0.15, 0.2) is 0 Å². The normalized spacial score (nSPS) is 10.2. The number of hydrogen-bond acceptors (Lipinski definition) is 3. The molecule has 0 amide bonds. The van der Waals surface area contributed by atoms with Crippen molar-refractivity contribution >= 4 is 0 Å². The first-order valence-electron chi connectivity index (χ1n) is 3.78. The van der Waals surface area contributed by atoms with Crippen LogP contribution in [0.2, 0.25) is 0 Å². The molecule has 2 N–H and O–H groups in total. The van der Waals surface area contributed by atoms with Gasteiger partial charge in [-0.05, 0) is 33.5 Å². The summed E-state index contributed by atoms with van der Waals surface area (Å²) in [6.07, 6.45) is 2.34. The molecule has 0 heterocycles. The average Bonchev–Trinajstić information content (AvgIpc) is 1.97. The number of nitrogens with one attached hydrogen (secondary N) is 2. The lowest BCUT2D eigenvalue weighted by Gasteiger charge is -2.01. The Kier molecular flexibility index (Phi) is 8.77. The first-order chi connectivity index (χ1) is 4.91. The predicted octanol–water partition coefficient (Wildman–Crippen LogP) is 0.180. The summed E-state index contributed by atoms with van der Waals surface area (Å²) in [6.45, 7) is 2.62. The lowest BCUT2D eigenvalue weighted by Crippen LogP contribution is -2.13. The van der Waals surface area contributed by atoms with Crippen molar-refractivity contribution in [3.8, 4) is 0 Å². The first kappa shape index (κ1) is 9.88. The van der Waals surface area contributed by atoms with E-state index < -0.39 is 0 Å². The van der Waals surface area contributed by atoms with Crippen molar-refractivity contribution in [2.75, 3.05) is 34.0 Å². The smallest absolute Gasteiger partial charge is 0.0962 e. The lowest BCUT2D eigenvalue weighted by molar-refractivity contribution is 0.118. The molecule has 0 unspecified atom stereocenters. The van der Waals surface area contributed by atoms with Gasteiger partial charge in [0.05, 0.1) is 6.73 Å². The maximum absolute atomic E-state index is 5.19. The highest BCUT2D eigenvalue weighted by Crippen LogP contribution is 1.86. The van der Waals surface area contributed by atoms with Crippen molar-refractivity contribution in [1.29, 1.82) is 0 Å². The van der Waals surface area contributed by atoms with Crippen molar-refractivity contribution in [2.45, 2.75) is 12.8 Å². The van der Waals surface area contributed by atoms with Crippen LogP contribution in [0.4, 0.5) is 0 Å². The van der Waals surface area contributed by atoms with Crippen molar-refractivity contribution < 1.29 is 4.74 Å². The Balaban J connectivity index is 2.65. The highest BCUT2D eigenvalue weighted by molar-refractivity contribution is 4.41. The van der Waals surface area contributed by atoms with Gasteiger partial charge >= 0.3 is 0 Å². The summed E-state index contributed by atoms with van der Waals surface area (Å²) < 4.78 is 5.19. The molecule has 0 aliphatic carbocycles. The van der Waals surface area contributed by atoms with E-state index in [4.69, 9.17) is 4.74 Å². The molecule has 10 heavy (non-hydrogen) atoms. The standard InChI is InChI=1S/C7H18N2O/c1-8-5-3-4-6-10-7-9-2/h8-9H,3-7H2,1-2H3. The number of unbranched alkanes of at least 4 members (excludes halogenated alkanes) is 1. The molecule has 0 aromatic carbocycles. The number of hydrogen-bond donors (Lipinski definition) is 2. The highest BCUT2D eigenvalue weighted by Gasteiger charge is 1.85. The molecule has 0 radical (unpaired) electrons. The van der Waals surface area contributed by atoms with Gasteiger partial charge in [-0.2, -0.15) is 0 Å². The summed E-state index contributed by atoms with van der Waals surface area (Å²) in [5, 5.41) is 6.01. The van der Waals surface area contributed by atoms with Gasteiger partial charge in [0.25, 0.3) is 0 Å². The Morgan fingerprint density at radius 1 is 1.10 bits per heavy atom. The monoisotopic (exact) mass is 146 g/mol. The summed E-state index contributed by atoms with van der Waals surface area (Å²) in [5.41, 5.74) is 0. The molecule has 62 valence electrons. The Morgan fingerprint density at radius 3 is 2.50 bits per heavy atom. The van der Waals surface area contributed by atoms with E-state index in [-0.39, 0.29) is 0 Å². The van der Waals surface area contributed by atoms with Crippen LogP contribution in [0.15, 0.2) is 0 Å². The minimum Gasteiger partial charge on any atom is -0.366 e. The van der Waals surface area contributed by atoms with E-state index in [2.05, 4.69) is 10.6 Å². The third-order valence-corrected chi connectivity index (χ3v) is 1.21. The molecule has 3 nitrogen and oxygen atoms in total. The van der Waals surface area contributed by atoms with Crippen LogP contribution in [-0.2, 0) is 4.74 Å². The van der Waals surface area contributed by atoms with Gasteiger partial charge in [-0.3, -0.25) is 5.32 Å². The summed E-state index contributed by atoms with van der Waals surface area (Å²) in [7, 11) is 3.85. The van der Waals surface area contributed by atoms with Gasteiger partial charge in [0, 0.05) is 6.61 Å². The molecule has 0 saturated heterocycles. The van der Waals surface area contributed by atoms with Crippen molar-refractivity contribution in [3.05, 3.63) is 0 Å². The average molecular weight is 146 g/mol. The lowest BCUT2D eigenvalue weighted by atomic mass is 10.3. The van der Waals surface area contributed by atoms with E-state index in [0.717, 1.165) is 19.6 Å². The molecule has 0 atom stereocenters. The van der Waals surface area contributed by atoms with Crippen LogP contribution in [0.5, 0.6) is 0 Å². The molecule has 0 aliphatic rings. The number of rotatable bonds is 7. The molecule has 0 aromatic rings. The van der Waals surface area contributed by atoms with Gasteiger partial charge in [-0.25, -0.2) is 0 Å². The molecular formula is C7H18N2O. The fourth-order valence-electron chi connectivity index (χ4n) is 0.680. The molecule has 0 fully saturated rings. The van der Waals surface area contributed by atoms with Gasteiger partial charge in [0.1, 0.15) is 0 Å². The van der Waals surface area contributed by atoms with Crippen LogP contribution in [0.3, 0.4) is 0 Å². The molecule has 0 saturated carbocycles. The molecule has 0 bridgehead atoms. The molecule has 3 heteroatoms. The predicted molar refractivity (Wildman–Crippen MR) is 43.0 cm³/mol. The maximum atomic E-state index is 5.19. The molecule has 0 spiro atoms. The quantitative estimate of drug-likeness (QED) is 0.397. The Morgan fingerprint density at radius 2 is 1.90 bits per heavy atom. The SMILES string of the molecule is CNCCCCOCNC. The van der Waals surface area contributed by atoms with Gasteiger partial charge in [-0.1, -0.05) is 0 Å². The van der Waals surface area contributed by atoms with E-state index in [1.54, 1.807) is 0 Å². The second-order valence-electron chi connectivity index (χ2n) is 2.22. The van der Waals surface area contributed by atoms with Gasteiger partial charge < -0.3 is 10.1 Å². The topological polar surface area (TPSA) is 33.3 Å². The first-order valence-corrected chi connectivity index (χ1v) is 3.78. The minimum atomic E-state index is 0.666. The zero-order valence-electron chi connectivity index (χ0n) is 6.94. The number of ether oxygens (including phenoxy) is 1. The highest BCUT2D eigenvalue weighted by atomic mass is 16.5. The second kappa shape index (κ2) is 8.88. The fraction of sp³-hybridized carbons (Fsp3) is 1.00. The minimum absolute atomic E-state index is 0.666. The molecule has 0 aliphatic heterocycles. The van der Waals surface area contributed by atoms with Crippen molar-refractivity contribution in [2.24, 2.45) is 0 Å². The van der Waals surface area contributed by atoms with E-state index in [9.17, 15) is 0 Å². The molecule has 0 rings (SSSR count). The van der Waals surface area contributed by atoms with Crippen LogP contribution in [0.1, 0.15) is 12.8 Å². The van der Waals surface area contributed by atoms with E-state index >= 15 is 0 Å². The zero-order valence-corrected chi connectivity index (χ0v) is 6.94. The van der Waals surface area contributed by atoms with Crippen LogP contribution >= 0.6 is 0 Å². The largest absolute Gasteiger partial charge is 0.366 e. The van der Waals surface area contributed by atoms with Crippen LogP contribution < -0.4 is 10.6 Å². The second-order valence-corrected chi connectivity index (χ2v) is 2.22.